The van der Waals surface area contributed by atoms with Crippen molar-refractivity contribution in [2.45, 2.75) is 18.8 Å². The summed E-state index contributed by atoms with van der Waals surface area (Å²) in [7, 11) is 0. The lowest BCUT2D eigenvalue weighted by atomic mass is 10.1. The Morgan fingerprint density at radius 2 is 2.09 bits per heavy atom. The molecule has 22 heavy (non-hydrogen) atoms. The number of rotatable bonds is 4. The third-order valence-corrected chi connectivity index (χ3v) is 3.32. The molecule has 0 aliphatic carbocycles. The minimum atomic E-state index is -1.32. The fourth-order valence-corrected chi connectivity index (χ4v) is 2.22. The number of aliphatic hydroxyl groups is 1. The zero-order chi connectivity index (χ0) is 16.3. The normalized spacial score (nSPS) is 25.3. The molecule has 6 nitrogen and oxygen atoms in total. The summed E-state index contributed by atoms with van der Waals surface area (Å²) in [6.45, 7) is -1.33. The number of nitrogens with two attached hydrogens (primary N) is 1. The van der Waals surface area contributed by atoms with Crippen LogP contribution >= 0.6 is 0 Å². The first-order chi connectivity index (χ1) is 10.6. The van der Waals surface area contributed by atoms with Crippen LogP contribution in [0.15, 0.2) is 34.8 Å². The van der Waals surface area contributed by atoms with Crippen LogP contribution in [0.5, 0.6) is 0 Å². The van der Waals surface area contributed by atoms with Gasteiger partial charge >= 0.3 is 5.69 Å². The second kappa shape index (κ2) is 6.75. The van der Waals surface area contributed by atoms with E-state index in [0.717, 1.165) is 4.57 Å². The van der Waals surface area contributed by atoms with Crippen molar-refractivity contribution in [3.63, 3.8) is 0 Å². The predicted octanol–water partition coefficient (Wildman–Crippen LogP) is 0.934. The first-order valence-corrected chi connectivity index (χ1v) is 6.38. The van der Waals surface area contributed by atoms with E-state index in [9.17, 15) is 18.0 Å². The first kappa shape index (κ1) is 16.2. The molecule has 0 bridgehead atoms. The predicted molar refractivity (Wildman–Crippen MR) is 72.0 cm³/mol. The maximum absolute atomic E-state index is 13.1. The molecule has 1 aromatic heterocycles. The molecule has 2 rings (SSSR count). The van der Waals surface area contributed by atoms with Gasteiger partial charge in [-0.25, -0.2) is 13.6 Å². The van der Waals surface area contributed by atoms with E-state index in [1.54, 1.807) is 0 Å². The molecule has 1 aromatic rings. The molecule has 9 heteroatoms. The van der Waals surface area contributed by atoms with Crippen molar-refractivity contribution in [2.24, 2.45) is 0 Å². The van der Waals surface area contributed by atoms with Crippen LogP contribution in [-0.4, -0.2) is 34.0 Å². The van der Waals surface area contributed by atoms with Crippen LogP contribution in [0.2, 0.25) is 0 Å². The number of hydrogen-bond acceptors (Lipinski definition) is 5. The van der Waals surface area contributed by atoms with Gasteiger partial charge in [0.2, 0.25) is 0 Å². The van der Waals surface area contributed by atoms with Gasteiger partial charge in [0.1, 0.15) is 11.9 Å². The largest absolute Gasteiger partial charge is 0.393 e. The van der Waals surface area contributed by atoms with Gasteiger partial charge in [-0.1, -0.05) is 0 Å². The smallest absolute Gasteiger partial charge is 0.351 e. The number of aromatic nitrogens is 2. The van der Waals surface area contributed by atoms with Gasteiger partial charge in [-0.2, -0.15) is 4.98 Å². The highest BCUT2D eigenvalue weighted by Gasteiger charge is 2.37. The maximum Gasteiger partial charge on any atom is 0.351 e. The van der Waals surface area contributed by atoms with Crippen molar-refractivity contribution in [3.05, 3.63) is 46.1 Å². The monoisotopic (exact) mass is 317 g/mol. The molecular formula is C13H14F3N3O3. The number of halogens is 3. The van der Waals surface area contributed by atoms with Crippen molar-refractivity contribution in [1.29, 1.82) is 0 Å². The molecule has 0 amide bonds. The highest BCUT2D eigenvalue weighted by atomic mass is 19.1. The molecule has 2 unspecified atom stereocenters. The quantitative estimate of drug-likeness (QED) is 0.862. The van der Waals surface area contributed by atoms with Crippen molar-refractivity contribution in [3.8, 4) is 0 Å². The maximum atomic E-state index is 13.1. The van der Waals surface area contributed by atoms with Gasteiger partial charge in [0.15, 0.2) is 6.23 Å². The van der Waals surface area contributed by atoms with Gasteiger partial charge in [0.25, 0.3) is 0 Å². The summed E-state index contributed by atoms with van der Waals surface area (Å²) in [4.78, 5) is 15.4. The second-order valence-corrected chi connectivity index (χ2v) is 4.57. The fraction of sp³-hybridized carbons (Fsp3) is 0.385. The van der Waals surface area contributed by atoms with E-state index >= 15 is 0 Å². The highest BCUT2D eigenvalue weighted by Crippen LogP contribution is 2.38. The summed E-state index contributed by atoms with van der Waals surface area (Å²) in [5, 5.41) is 9.14. The minimum Gasteiger partial charge on any atom is -0.393 e. The lowest BCUT2D eigenvalue weighted by molar-refractivity contribution is -0.00869. The number of alkyl halides is 1. The standard InChI is InChI=1S/C13H14F3N3O3/c14-2-1-7-5-19(13(21)18-11(7)17)12-9(4-16)8(3-15)10(6-20)22-12/h3-5,10,12,20H,1-2,6H2,(H2,17,18,21). The van der Waals surface area contributed by atoms with E-state index in [4.69, 9.17) is 15.6 Å². The molecule has 120 valence electrons. The third kappa shape index (κ3) is 2.77. The number of aryl methyl sites for hydroxylation is 1. The van der Waals surface area contributed by atoms with Crippen molar-refractivity contribution in [2.75, 3.05) is 19.0 Å². The molecule has 1 fully saturated rings. The summed E-state index contributed by atoms with van der Waals surface area (Å²) in [6.07, 6.45) is -1.15. The highest BCUT2D eigenvalue weighted by molar-refractivity contribution is 5.40. The Kier molecular flexibility index (Phi) is 4.99. The number of anilines is 1. The average Bonchev–Trinajstić information content (AvgIpc) is 2.87. The van der Waals surface area contributed by atoms with Crippen molar-refractivity contribution < 1.29 is 23.0 Å². The Bertz CT molecular complexity index is 672. The van der Waals surface area contributed by atoms with Crippen molar-refractivity contribution >= 4 is 5.82 Å². The summed E-state index contributed by atoms with van der Waals surface area (Å²) in [6, 6.07) is 0. The molecule has 2 heterocycles. The molecule has 1 aliphatic heterocycles. The number of nitrogen functional groups attached to an aromatic ring is 1. The Morgan fingerprint density at radius 1 is 1.41 bits per heavy atom. The van der Waals surface area contributed by atoms with E-state index in [2.05, 4.69) is 4.98 Å². The fourth-order valence-electron chi connectivity index (χ4n) is 2.22. The SMILES string of the molecule is Nc1nc(=O)n(C2OC(CO)C(=CF)C2=CF)cc1CCF. The molecular weight excluding hydrogens is 303 g/mol. The van der Waals surface area contributed by atoms with Gasteiger partial charge in [-0.3, -0.25) is 8.96 Å². The number of aliphatic hydroxyl groups excluding tert-OH is 1. The zero-order valence-electron chi connectivity index (χ0n) is 11.4. The minimum absolute atomic E-state index is 0.0867. The van der Waals surface area contributed by atoms with E-state index < -0.39 is 31.3 Å². The van der Waals surface area contributed by atoms with Crippen LogP contribution in [0.4, 0.5) is 19.0 Å². The molecule has 2 atom stereocenters. The topological polar surface area (TPSA) is 90.4 Å². The zero-order valence-corrected chi connectivity index (χ0v) is 11.4. The van der Waals surface area contributed by atoms with Crippen LogP contribution < -0.4 is 11.4 Å². The Labute approximate surface area is 123 Å². The van der Waals surface area contributed by atoms with E-state index in [-0.39, 0.29) is 41.6 Å². The van der Waals surface area contributed by atoms with Gasteiger partial charge in [0, 0.05) is 29.3 Å². The van der Waals surface area contributed by atoms with Crippen LogP contribution in [0.1, 0.15) is 11.8 Å². The third-order valence-electron chi connectivity index (χ3n) is 3.32. The molecule has 0 spiro atoms. The molecule has 3 N–H and O–H groups in total. The van der Waals surface area contributed by atoms with E-state index in [1.807, 2.05) is 0 Å². The number of hydrogen-bond donors (Lipinski definition) is 2. The Balaban J connectivity index is 2.52. The van der Waals surface area contributed by atoms with Crippen LogP contribution in [0.25, 0.3) is 0 Å². The second-order valence-electron chi connectivity index (χ2n) is 4.57. The summed E-state index contributed by atoms with van der Waals surface area (Å²) in [5.41, 5.74) is 4.42. The number of nitrogens with zero attached hydrogens (tertiary/aromatic N) is 2. The van der Waals surface area contributed by atoms with Gasteiger partial charge in [-0.05, 0) is 0 Å². The summed E-state index contributed by atoms with van der Waals surface area (Å²) >= 11 is 0. The van der Waals surface area contributed by atoms with Crippen molar-refractivity contribution in [1.82, 2.24) is 9.55 Å². The first-order valence-electron chi connectivity index (χ1n) is 6.38. The Morgan fingerprint density at radius 3 is 2.64 bits per heavy atom. The van der Waals surface area contributed by atoms with Gasteiger partial charge in [-0.15, -0.1) is 0 Å². The lowest BCUT2D eigenvalue weighted by Crippen LogP contribution is -2.29. The van der Waals surface area contributed by atoms with E-state index in [0.29, 0.717) is 0 Å². The molecule has 1 aliphatic rings. The van der Waals surface area contributed by atoms with Crippen LogP contribution in [0.3, 0.4) is 0 Å². The number of ether oxygens (including phenoxy) is 1. The van der Waals surface area contributed by atoms with Crippen LogP contribution in [-0.2, 0) is 11.2 Å². The molecule has 0 saturated carbocycles. The summed E-state index contributed by atoms with van der Waals surface area (Å²) in [5.74, 6) is -0.136. The van der Waals surface area contributed by atoms with Crippen LogP contribution in [0, 0.1) is 0 Å². The average molecular weight is 317 g/mol. The van der Waals surface area contributed by atoms with Gasteiger partial charge < -0.3 is 15.6 Å². The van der Waals surface area contributed by atoms with Gasteiger partial charge in [0.05, 0.1) is 25.9 Å². The van der Waals surface area contributed by atoms with E-state index in [1.165, 1.54) is 6.20 Å². The molecule has 0 radical (unpaired) electrons. The molecule has 0 aromatic carbocycles. The summed E-state index contributed by atoms with van der Waals surface area (Å²) < 4.78 is 44.6. The lowest BCUT2D eigenvalue weighted by Gasteiger charge is -2.16. The molecule has 1 saturated heterocycles. The Hall–Kier alpha value is -2.13.